The third-order valence-electron chi connectivity index (χ3n) is 2.56. The Hall–Kier alpha value is -1.92. The summed E-state index contributed by atoms with van der Waals surface area (Å²) in [7, 11) is 1.69. The molecule has 0 fully saturated rings. The van der Waals surface area contributed by atoms with Crippen LogP contribution in [0.25, 0.3) is 0 Å². The third-order valence-corrected chi connectivity index (χ3v) is 2.56. The Labute approximate surface area is 118 Å². The van der Waals surface area contributed by atoms with Crippen LogP contribution in [0.5, 0.6) is 0 Å². The molecule has 6 nitrogen and oxygen atoms in total. The van der Waals surface area contributed by atoms with Gasteiger partial charge < -0.3 is 15.8 Å². The van der Waals surface area contributed by atoms with E-state index < -0.39 is 0 Å². The Kier molecular flexibility index (Phi) is 6.69. The van der Waals surface area contributed by atoms with Gasteiger partial charge in [-0.3, -0.25) is 14.5 Å². The van der Waals surface area contributed by atoms with Gasteiger partial charge in [-0.2, -0.15) is 0 Å². The number of benzene rings is 1. The second kappa shape index (κ2) is 8.29. The second-order valence-electron chi connectivity index (χ2n) is 4.43. The maximum atomic E-state index is 11.8. The quantitative estimate of drug-likeness (QED) is 0.713. The second-order valence-corrected chi connectivity index (χ2v) is 4.43. The lowest BCUT2D eigenvalue weighted by Gasteiger charge is -2.15. The summed E-state index contributed by atoms with van der Waals surface area (Å²) < 4.78 is 4.82. The molecule has 0 unspecified atom stereocenters. The smallest absolute Gasteiger partial charge is 0.320 e. The Bertz CT molecular complexity index is 463. The van der Waals surface area contributed by atoms with E-state index in [4.69, 9.17) is 10.5 Å². The zero-order chi connectivity index (χ0) is 15.0. The van der Waals surface area contributed by atoms with Crippen LogP contribution in [-0.4, -0.2) is 43.5 Å². The Morgan fingerprint density at radius 2 is 2.10 bits per heavy atom. The van der Waals surface area contributed by atoms with Crippen molar-refractivity contribution in [3.63, 3.8) is 0 Å². The predicted molar refractivity (Wildman–Crippen MR) is 77.1 cm³/mol. The lowest BCUT2D eigenvalue weighted by molar-refractivity contribution is -0.144. The number of nitrogens with zero attached hydrogens (tertiary/aromatic N) is 1. The number of nitrogens with one attached hydrogen (secondary N) is 1. The van der Waals surface area contributed by atoms with Gasteiger partial charge in [-0.1, -0.05) is 12.1 Å². The van der Waals surface area contributed by atoms with E-state index in [2.05, 4.69) is 5.32 Å². The highest BCUT2D eigenvalue weighted by Gasteiger charge is 2.11. The van der Waals surface area contributed by atoms with Crippen LogP contribution in [-0.2, 0) is 20.9 Å². The van der Waals surface area contributed by atoms with Crippen LogP contribution < -0.4 is 11.1 Å². The molecule has 0 spiro atoms. The summed E-state index contributed by atoms with van der Waals surface area (Å²) in [5, 5.41) is 2.76. The Balaban J connectivity index is 2.44. The van der Waals surface area contributed by atoms with Crippen molar-refractivity contribution in [2.75, 3.05) is 32.1 Å². The van der Waals surface area contributed by atoms with E-state index in [-0.39, 0.29) is 25.0 Å². The van der Waals surface area contributed by atoms with Crippen molar-refractivity contribution in [3.8, 4) is 0 Å². The molecule has 0 aliphatic heterocycles. The first kappa shape index (κ1) is 16.1. The van der Waals surface area contributed by atoms with Crippen LogP contribution in [0, 0.1) is 0 Å². The summed E-state index contributed by atoms with van der Waals surface area (Å²) in [4.78, 5) is 24.7. The Morgan fingerprint density at radius 1 is 1.35 bits per heavy atom. The molecule has 20 heavy (non-hydrogen) atoms. The van der Waals surface area contributed by atoms with E-state index in [1.807, 2.05) is 18.2 Å². The zero-order valence-corrected chi connectivity index (χ0v) is 11.9. The average Bonchev–Trinajstić information content (AvgIpc) is 2.38. The first-order valence-corrected chi connectivity index (χ1v) is 6.48. The normalized spacial score (nSPS) is 10.4. The first-order valence-electron chi connectivity index (χ1n) is 6.48. The summed E-state index contributed by atoms with van der Waals surface area (Å²) in [5.74, 6) is -0.529. The maximum absolute atomic E-state index is 11.8. The number of anilines is 1. The lowest BCUT2D eigenvalue weighted by atomic mass is 10.2. The van der Waals surface area contributed by atoms with Crippen molar-refractivity contribution in [2.45, 2.75) is 13.5 Å². The van der Waals surface area contributed by atoms with E-state index in [0.29, 0.717) is 18.8 Å². The molecule has 0 atom stereocenters. The van der Waals surface area contributed by atoms with Gasteiger partial charge in [0.25, 0.3) is 0 Å². The van der Waals surface area contributed by atoms with Crippen LogP contribution in [0.4, 0.5) is 5.69 Å². The van der Waals surface area contributed by atoms with E-state index in [0.717, 1.165) is 5.56 Å². The number of ether oxygens (including phenoxy) is 1. The standard InChI is InChI=1S/C14H21N3O3/c1-3-20-14(19)10-17(2)9-13(18)16-12-6-4-5-11(7-12)8-15/h4-7H,3,8-10,15H2,1-2H3,(H,16,18). The number of rotatable bonds is 7. The van der Waals surface area contributed by atoms with Gasteiger partial charge in [0.15, 0.2) is 0 Å². The first-order chi connectivity index (χ1) is 9.55. The molecule has 0 heterocycles. The molecule has 0 saturated carbocycles. The van der Waals surface area contributed by atoms with Crippen LogP contribution in [0.1, 0.15) is 12.5 Å². The topological polar surface area (TPSA) is 84.7 Å². The van der Waals surface area contributed by atoms with Crippen LogP contribution in [0.2, 0.25) is 0 Å². The summed E-state index contributed by atoms with van der Waals surface area (Å²) in [6, 6.07) is 7.34. The van der Waals surface area contributed by atoms with Gasteiger partial charge in [0.2, 0.25) is 5.91 Å². The molecule has 0 radical (unpaired) electrons. The molecule has 0 aromatic heterocycles. The molecule has 6 heteroatoms. The molecule has 0 saturated heterocycles. The molecular weight excluding hydrogens is 258 g/mol. The molecule has 1 aromatic rings. The summed E-state index contributed by atoms with van der Waals surface area (Å²) in [6.07, 6.45) is 0. The average molecular weight is 279 g/mol. The number of hydrogen-bond donors (Lipinski definition) is 2. The monoisotopic (exact) mass is 279 g/mol. The highest BCUT2D eigenvalue weighted by Crippen LogP contribution is 2.09. The summed E-state index contributed by atoms with van der Waals surface area (Å²) in [5.41, 5.74) is 7.18. The van der Waals surface area contributed by atoms with E-state index in [1.54, 1.807) is 24.9 Å². The van der Waals surface area contributed by atoms with Gasteiger partial charge in [-0.15, -0.1) is 0 Å². The van der Waals surface area contributed by atoms with Crippen molar-refractivity contribution in [1.82, 2.24) is 4.90 Å². The highest BCUT2D eigenvalue weighted by molar-refractivity contribution is 5.92. The molecule has 3 N–H and O–H groups in total. The van der Waals surface area contributed by atoms with Crippen molar-refractivity contribution >= 4 is 17.6 Å². The van der Waals surface area contributed by atoms with E-state index >= 15 is 0 Å². The van der Waals surface area contributed by atoms with Crippen LogP contribution >= 0.6 is 0 Å². The van der Waals surface area contributed by atoms with E-state index in [1.165, 1.54) is 0 Å². The van der Waals surface area contributed by atoms with Gasteiger partial charge in [0.05, 0.1) is 19.7 Å². The summed E-state index contributed by atoms with van der Waals surface area (Å²) in [6.45, 7) is 2.71. The fraction of sp³-hybridized carbons (Fsp3) is 0.429. The fourth-order valence-electron chi connectivity index (χ4n) is 1.70. The molecular formula is C14H21N3O3. The van der Waals surface area contributed by atoms with Crippen molar-refractivity contribution in [1.29, 1.82) is 0 Å². The maximum Gasteiger partial charge on any atom is 0.320 e. The van der Waals surface area contributed by atoms with Gasteiger partial charge in [-0.05, 0) is 31.7 Å². The van der Waals surface area contributed by atoms with Crippen LogP contribution in [0.3, 0.4) is 0 Å². The van der Waals surface area contributed by atoms with Gasteiger partial charge in [-0.25, -0.2) is 0 Å². The van der Waals surface area contributed by atoms with Gasteiger partial charge in [0.1, 0.15) is 0 Å². The summed E-state index contributed by atoms with van der Waals surface area (Å²) >= 11 is 0. The highest BCUT2D eigenvalue weighted by atomic mass is 16.5. The number of carbonyl (C=O) groups excluding carboxylic acids is 2. The number of amides is 1. The predicted octanol–water partition coefficient (Wildman–Crippen LogP) is 0.579. The number of carbonyl (C=O) groups is 2. The molecule has 1 amide bonds. The van der Waals surface area contributed by atoms with Crippen LogP contribution in [0.15, 0.2) is 24.3 Å². The van der Waals surface area contributed by atoms with Gasteiger partial charge in [0, 0.05) is 12.2 Å². The number of esters is 1. The molecule has 0 aliphatic rings. The van der Waals surface area contributed by atoms with E-state index in [9.17, 15) is 9.59 Å². The van der Waals surface area contributed by atoms with Gasteiger partial charge >= 0.3 is 5.97 Å². The minimum Gasteiger partial charge on any atom is -0.465 e. The SMILES string of the molecule is CCOC(=O)CN(C)CC(=O)Nc1cccc(CN)c1. The third kappa shape index (κ3) is 5.81. The van der Waals surface area contributed by atoms with Crippen molar-refractivity contribution in [2.24, 2.45) is 5.73 Å². The molecule has 0 bridgehead atoms. The minimum absolute atomic E-state index is 0.0874. The molecule has 0 aliphatic carbocycles. The van der Waals surface area contributed by atoms with Crippen molar-refractivity contribution < 1.29 is 14.3 Å². The molecule has 110 valence electrons. The number of hydrogen-bond acceptors (Lipinski definition) is 5. The fourth-order valence-corrected chi connectivity index (χ4v) is 1.70. The number of nitrogens with two attached hydrogens (primary N) is 1. The zero-order valence-electron chi connectivity index (χ0n) is 11.9. The molecule has 1 rings (SSSR count). The largest absolute Gasteiger partial charge is 0.465 e. The number of likely N-dealkylation sites (N-methyl/N-ethyl adjacent to an activating group) is 1. The Morgan fingerprint density at radius 3 is 2.75 bits per heavy atom. The van der Waals surface area contributed by atoms with Crippen molar-refractivity contribution in [3.05, 3.63) is 29.8 Å². The molecule has 1 aromatic carbocycles. The minimum atomic E-state index is -0.340. The lowest BCUT2D eigenvalue weighted by Crippen LogP contribution is -2.34.